The Hall–Kier alpha value is -1.66. The maximum atomic E-state index is 11.3. The number of rotatable bonds is 4. The number of carbonyl (C=O) groups is 1. The molecule has 124 valence electrons. The molecule has 1 N–H and O–H groups in total. The minimum atomic E-state index is 0.220. The Morgan fingerprint density at radius 1 is 1.17 bits per heavy atom. The Bertz CT molecular complexity index is 537. The summed E-state index contributed by atoms with van der Waals surface area (Å²) in [6, 6.07) is 6.82. The van der Waals surface area contributed by atoms with Crippen LogP contribution in [-0.2, 0) is 4.79 Å². The lowest BCUT2D eigenvalue weighted by atomic mass is 10.0. The number of hydrogen-bond donors (Lipinski definition) is 1. The normalized spacial score (nSPS) is 27.0. The summed E-state index contributed by atoms with van der Waals surface area (Å²) < 4.78 is 0. The van der Waals surface area contributed by atoms with E-state index in [0.717, 1.165) is 58.2 Å². The van der Waals surface area contributed by atoms with Gasteiger partial charge in [0, 0.05) is 71.0 Å². The second kappa shape index (κ2) is 6.45. The molecule has 3 fully saturated rings. The number of amides is 1. The molecule has 0 aromatic carbocycles. The van der Waals surface area contributed by atoms with E-state index < -0.39 is 0 Å². The molecule has 4 rings (SSSR count). The van der Waals surface area contributed by atoms with Crippen LogP contribution in [0.2, 0.25) is 0 Å². The number of likely N-dealkylation sites (tertiary alicyclic amines) is 1. The van der Waals surface area contributed by atoms with Crippen LogP contribution < -0.4 is 10.2 Å². The average Bonchev–Trinajstić information content (AvgIpc) is 2.97. The molecule has 3 aliphatic rings. The van der Waals surface area contributed by atoms with Gasteiger partial charge in [-0.3, -0.25) is 14.6 Å². The fourth-order valence-corrected chi connectivity index (χ4v) is 3.94. The Balaban J connectivity index is 1.20. The van der Waals surface area contributed by atoms with Crippen LogP contribution in [0, 0.1) is 5.92 Å². The van der Waals surface area contributed by atoms with E-state index in [2.05, 4.69) is 37.1 Å². The van der Waals surface area contributed by atoms with Gasteiger partial charge in [0.2, 0.25) is 5.91 Å². The summed E-state index contributed by atoms with van der Waals surface area (Å²) >= 11 is 0. The van der Waals surface area contributed by atoms with E-state index in [1.807, 2.05) is 12.3 Å². The highest BCUT2D eigenvalue weighted by atomic mass is 16.1. The van der Waals surface area contributed by atoms with Crippen LogP contribution in [0.3, 0.4) is 0 Å². The number of pyridine rings is 1. The molecule has 3 saturated heterocycles. The Morgan fingerprint density at radius 3 is 2.65 bits per heavy atom. The Labute approximate surface area is 137 Å². The van der Waals surface area contributed by atoms with Crippen molar-refractivity contribution < 1.29 is 4.79 Å². The molecular weight excluding hydrogens is 290 g/mol. The van der Waals surface area contributed by atoms with Gasteiger partial charge in [0.05, 0.1) is 0 Å². The topological polar surface area (TPSA) is 51.7 Å². The van der Waals surface area contributed by atoms with Crippen LogP contribution in [0.25, 0.3) is 0 Å². The fourth-order valence-electron chi connectivity index (χ4n) is 3.94. The lowest BCUT2D eigenvalue weighted by molar-refractivity contribution is -0.119. The predicted molar refractivity (Wildman–Crippen MR) is 89.4 cm³/mol. The SMILES string of the molecule is O=C1CC(CN2CC(N3CCN(c4ccccn4)CC3)C2)CN1. The number of piperazine rings is 1. The highest BCUT2D eigenvalue weighted by Crippen LogP contribution is 2.21. The summed E-state index contributed by atoms with van der Waals surface area (Å²) in [5, 5.41) is 2.93. The first-order valence-electron chi connectivity index (χ1n) is 8.67. The van der Waals surface area contributed by atoms with Gasteiger partial charge in [0.15, 0.2) is 0 Å². The van der Waals surface area contributed by atoms with Crippen molar-refractivity contribution in [2.75, 3.05) is 57.3 Å². The third-order valence-corrected chi connectivity index (χ3v) is 5.32. The van der Waals surface area contributed by atoms with Crippen molar-refractivity contribution in [2.45, 2.75) is 12.5 Å². The molecule has 6 nitrogen and oxygen atoms in total. The van der Waals surface area contributed by atoms with Crippen molar-refractivity contribution in [1.29, 1.82) is 0 Å². The zero-order chi connectivity index (χ0) is 15.6. The van der Waals surface area contributed by atoms with Gasteiger partial charge in [-0.05, 0) is 18.1 Å². The summed E-state index contributed by atoms with van der Waals surface area (Å²) in [6.07, 6.45) is 2.58. The summed E-state index contributed by atoms with van der Waals surface area (Å²) in [6.45, 7) is 8.63. The van der Waals surface area contributed by atoms with Gasteiger partial charge in [0.25, 0.3) is 0 Å². The van der Waals surface area contributed by atoms with Crippen LogP contribution in [0.4, 0.5) is 5.82 Å². The molecule has 23 heavy (non-hydrogen) atoms. The van der Waals surface area contributed by atoms with Crippen LogP contribution in [0.1, 0.15) is 6.42 Å². The van der Waals surface area contributed by atoms with Gasteiger partial charge < -0.3 is 10.2 Å². The number of nitrogens with zero attached hydrogens (tertiary/aromatic N) is 4. The van der Waals surface area contributed by atoms with Crippen molar-refractivity contribution in [3.8, 4) is 0 Å². The molecule has 3 aliphatic heterocycles. The summed E-state index contributed by atoms with van der Waals surface area (Å²) in [5.41, 5.74) is 0. The van der Waals surface area contributed by atoms with E-state index in [1.54, 1.807) is 0 Å². The zero-order valence-electron chi connectivity index (χ0n) is 13.5. The largest absolute Gasteiger partial charge is 0.356 e. The minimum absolute atomic E-state index is 0.220. The summed E-state index contributed by atoms with van der Waals surface area (Å²) in [5.74, 6) is 1.84. The van der Waals surface area contributed by atoms with Gasteiger partial charge in [-0.15, -0.1) is 0 Å². The molecular formula is C17H25N5O. The van der Waals surface area contributed by atoms with Gasteiger partial charge >= 0.3 is 0 Å². The molecule has 1 aromatic heterocycles. The standard InChI is InChI=1S/C17H25N5O/c23-17-9-14(10-19-17)11-20-12-15(13-20)21-5-7-22(8-6-21)16-3-1-2-4-18-16/h1-4,14-15H,5-13H2,(H,19,23). The van der Waals surface area contributed by atoms with E-state index in [0.29, 0.717) is 18.4 Å². The highest BCUT2D eigenvalue weighted by molar-refractivity contribution is 5.78. The second-order valence-electron chi connectivity index (χ2n) is 6.96. The van der Waals surface area contributed by atoms with Crippen molar-refractivity contribution >= 4 is 11.7 Å². The van der Waals surface area contributed by atoms with E-state index >= 15 is 0 Å². The predicted octanol–water partition coefficient (Wildman–Crippen LogP) is 0.0239. The van der Waals surface area contributed by atoms with Crippen LogP contribution in [0.15, 0.2) is 24.4 Å². The van der Waals surface area contributed by atoms with Crippen LogP contribution in [-0.4, -0.2) is 79.1 Å². The molecule has 1 amide bonds. The monoisotopic (exact) mass is 315 g/mol. The Morgan fingerprint density at radius 2 is 2.00 bits per heavy atom. The first-order chi connectivity index (χ1) is 11.3. The quantitative estimate of drug-likeness (QED) is 0.849. The van der Waals surface area contributed by atoms with Gasteiger partial charge in [-0.1, -0.05) is 6.07 Å². The molecule has 1 unspecified atom stereocenters. The third-order valence-electron chi connectivity index (χ3n) is 5.32. The smallest absolute Gasteiger partial charge is 0.220 e. The maximum Gasteiger partial charge on any atom is 0.220 e. The molecule has 0 bridgehead atoms. The van der Waals surface area contributed by atoms with E-state index in [1.165, 1.54) is 0 Å². The first-order valence-corrected chi connectivity index (χ1v) is 8.67. The summed E-state index contributed by atoms with van der Waals surface area (Å²) in [4.78, 5) is 23.2. The lowest BCUT2D eigenvalue weighted by Crippen LogP contribution is -2.63. The van der Waals surface area contributed by atoms with Crippen LogP contribution in [0.5, 0.6) is 0 Å². The third kappa shape index (κ3) is 3.33. The van der Waals surface area contributed by atoms with E-state index in [9.17, 15) is 4.79 Å². The molecule has 4 heterocycles. The molecule has 6 heteroatoms. The summed E-state index contributed by atoms with van der Waals surface area (Å²) in [7, 11) is 0. The van der Waals surface area contributed by atoms with Gasteiger partial charge in [-0.25, -0.2) is 4.98 Å². The van der Waals surface area contributed by atoms with E-state index in [-0.39, 0.29) is 5.91 Å². The van der Waals surface area contributed by atoms with Gasteiger partial charge in [-0.2, -0.15) is 0 Å². The number of hydrogen-bond acceptors (Lipinski definition) is 5. The first kappa shape index (κ1) is 14.9. The maximum absolute atomic E-state index is 11.3. The lowest BCUT2D eigenvalue weighted by Gasteiger charge is -2.49. The highest BCUT2D eigenvalue weighted by Gasteiger charge is 2.35. The average molecular weight is 315 g/mol. The Kier molecular flexibility index (Phi) is 4.18. The van der Waals surface area contributed by atoms with Crippen molar-refractivity contribution in [1.82, 2.24) is 20.1 Å². The zero-order valence-corrected chi connectivity index (χ0v) is 13.5. The number of carbonyl (C=O) groups excluding carboxylic acids is 1. The fraction of sp³-hybridized carbons (Fsp3) is 0.647. The van der Waals surface area contributed by atoms with Crippen molar-refractivity contribution in [3.63, 3.8) is 0 Å². The second-order valence-corrected chi connectivity index (χ2v) is 6.96. The van der Waals surface area contributed by atoms with Crippen molar-refractivity contribution in [2.24, 2.45) is 5.92 Å². The number of nitrogens with one attached hydrogen (secondary N) is 1. The molecule has 0 spiro atoms. The molecule has 0 radical (unpaired) electrons. The van der Waals surface area contributed by atoms with Crippen LogP contribution >= 0.6 is 0 Å². The van der Waals surface area contributed by atoms with Crippen molar-refractivity contribution in [3.05, 3.63) is 24.4 Å². The minimum Gasteiger partial charge on any atom is -0.356 e. The van der Waals surface area contributed by atoms with Gasteiger partial charge in [0.1, 0.15) is 5.82 Å². The molecule has 0 aliphatic carbocycles. The molecule has 1 aromatic rings. The molecule has 1 atom stereocenters. The van der Waals surface area contributed by atoms with E-state index in [4.69, 9.17) is 0 Å². The molecule has 0 saturated carbocycles. The number of aromatic nitrogens is 1. The number of anilines is 1.